The van der Waals surface area contributed by atoms with Crippen molar-refractivity contribution in [3.63, 3.8) is 0 Å². The minimum Gasteiger partial charge on any atom is -0.260 e. The second kappa shape index (κ2) is 4.58. The van der Waals surface area contributed by atoms with Gasteiger partial charge in [-0.15, -0.1) is 0 Å². The smallest absolute Gasteiger partial charge is 0.0448 e. The molecule has 1 heterocycles. The summed E-state index contributed by atoms with van der Waals surface area (Å²) < 4.78 is 1.02. The summed E-state index contributed by atoms with van der Waals surface area (Å²) in [6.07, 6.45) is 2.73. The molecule has 0 atom stereocenters. The van der Waals surface area contributed by atoms with E-state index in [9.17, 15) is 0 Å². The third-order valence-corrected chi connectivity index (χ3v) is 2.76. The SMILES string of the molecule is Cc1ccc(Cc2ccc(Br)cn2)cc1. The van der Waals surface area contributed by atoms with Crippen LogP contribution in [0.1, 0.15) is 16.8 Å². The average molecular weight is 262 g/mol. The van der Waals surface area contributed by atoms with E-state index < -0.39 is 0 Å². The van der Waals surface area contributed by atoms with E-state index in [0.717, 1.165) is 16.6 Å². The van der Waals surface area contributed by atoms with Gasteiger partial charge in [-0.25, -0.2) is 0 Å². The third kappa shape index (κ3) is 2.90. The number of aryl methyl sites for hydroxylation is 1. The number of nitrogens with zero attached hydrogens (tertiary/aromatic N) is 1. The molecule has 0 aliphatic carbocycles. The van der Waals surface area contributed by atoms with Crippen LogP contribution >= 0.6 is 15.9 Å². The lowest BCUT2D eigenvalue weighted by Crippen LogP contribution is -1.91. The Morgan fingerprint density at radius 3 is 2.40 bits per heavy atom. The molecule has 2 aromatic rings. The predicted octanol–water partition coefficient (Wildman–Crippen LogP) is 3.74. The van der Waals surface area contributed by atoms with Gasteiger partial charge in [0, 0.05) is 22.8 Å². The van der Waals surface area contributed by atoms with Gasteiger partial charge < -0.3 is 0 Å². The fourth-order valence-corrected chi connectivity index (χ4v) is 1.66. The highest BCUT2D eigenvalue weighted by Crippen LogP contribution is 2.11. The summed E-state index contributed by atoms with van der Waals surface area (Å²) in [5.74, 6) is 0. The van der Waals surface area contributed by atoms with Crippen LogP contribution in [-0.2, 0) is 6.42 Å². The van der Waals surface area contributed by atoms with Crippen LogP contribution < -0.4 is 0 Å². The molecule has 2 heteroatoms. The fraction of sp³-hybridized carbons (Fsp3) is 0.154. The first-order valence-corrected chi connectivity index (χ1v) is 5.69. The largest absolute Gasteiger partial charge is 0.260 e. The maximum Gasteiger partial charge on any atom is 0.0448 e. The summed E-state index contributed by atoms with van der Waals surface area (Å²) in [6, 6.07) is 12.6. The number of aromatic nitrogens is 1. The Bertz CT molecular complexity index is 388. The number of hydrogen-bond acceptors (Lipinski definition) is 1. The van der Waals surface area contributed by atoms with E-state index >= 15 is 0 Å². The van der Waals surface area contributed by atoms with Crippen molar-refractivity contribution in [3.05, 3.63) is 63.9 Å². The van der Waals surface area contributed by atoms with Crippen LogP contribution in [-0.4, -0.2) is 4.98 Å². The van der Waals surface area contributed by atoms with Crippen LogP contribution in [0.15, 0.2) is 47.1 Å². The quantitative estimate of drug-likeness (QED) is 0.803. The fourth-order valence-electron chi connectivity index (χ4n) is 1.43. The molecule has 1 nitrogen and oxygen atoms in total. The molecule has 0 spiro atoms. The summed E-state index contributed by atoms with van der Waals surface area (Å²) in [6.45, 7) is 2.10. The van der Waals surface area contributed by atoms with Crippen molar-refractivity contribution in [2.24, 2.45) is 0 Å². The van der Waals surface area contributed by atoms with E-state index in [1.807, 2.05) is 18.3 Å². The number of rotatable bonds is 2. The van der Waals surface area contributed by atoms with Crippen molar-refractivity contribution in [1.29, 1.82) is 0 Å². The van der Waals surface area contributed by atoms with Crippen LogP contribution in [0, 0.1) is 6.92 Å². The molecule has 0 saturated heterocycles. The van der Waals surface area contributed by atoms with Gasteiger partial charge in [0.05, 0.1) is 0 Å². The van der Waals surface area contributed by atoms with Crippen molar-refractivity contribution in [2.45, 2.75) is 13.3 Å². The molecule has 0 N–H and O–H groups in total. The highest BCUT2D eigenvalue weighted by atomic mass is 79.9. The van der Waals surface area contributed by atoms with Crippen molar-refractivity contribution < 1.29 is 0 Å². The molecule has 0 unspecified atom stereocenters. The Morgan fingerprint density at radius 1 is 1.07 bits per heavy atom. The first-order chi connectivity index (χ1) is 7.24. The molecule has 0 amide bonds. The molecule has 0 bridgehead atoms. The van der Waals surface area contributed by atoms with Gasteiger partial charge in [-0.2, -0.15) is 0 Å². The Labute approximate surface area is 98.3 Å². The molecule has 0 radical (unpaired) electrons. The second-order valence-corrected chi connectivity index (χ2v) is 4.55. The monoisotopic (exact) mass is 261 g/mol. The summed E-state index contributed by atoms with van der Waals surface area (Å²) in [5.41, 5.74) is 3.69. The summed E-state index contributed by atoms with van der Waals surface area (Å²) >= 11 is 3.38. The minimum atomic E-state index is 0.896. The number of halogens is 1. The molecule has 2 rings (SSSR count). The van der Waals surface area contributed by atoms with Crippen molar-refractivity contribution in [1.82, 2.24) is 4.98 Å². The van der Waals surface area contributed by atoms with Crippen LogP contribution in [0.2, 0.25) is 0 Å². The standard InChI is InChI=1S/C13H12BrN/c1-10-2-4-11(5-3-10)8-13-7-6-12(14)9-15-13/h2-7,9H,8H2,1H3. The molecule has 0 aliphatic heterocycles. The van der Waals surface area contributed by atoms with Gasteiger partial charge in [-0.3, -0.25) is 4.98 Å². The maximum absolute atomic E-state index is 4.35. The normalized spacial score (nSPS) is 10.3. The molecule has 1 aromatic carbocycles. The molecule has 1 aromatic heterocycles. The van der Waals surface area contributed by atoms with E-state index in [2.05, 4.69) is 52.1 Å². The van der Waals surface area contributed by atoms with Crippen LogP contribution in [0.25, 0.3) is 0 Å². The Morgan fingerprint density at radius 2 is 1.80 bits per heavy atom. The van der Waals surface area contributed by atoms with Crippen LogP contribution in [0.5, 0.6) is 0 Å². The Kier molecular flexibility index (Phi) is 3.17. The maximum atomic E-state index is 4.35. The zero-order valence-electron chi connectivity index (χ0n) is 8.57. The van der Waals surface area contributed by atoms with E-state index in [4.69, 9.17) is 0 Å². The van der Waals surface area contributed by atoms with E-state index in [-0.39, 0.29) is 0 Å². The lowest BCUT2D eigenvalue weighted by Gasteiger charge is -2.01. The number of pyridine rings is 1. The Balaban J connectivity index is 2.15. The molecule has 0 fully saturated rings. The van der Waals surface area contributed by atoms with Crippen LogP contribution in [0.4, 0.5) is 0 Å². The van der Waals surface area contributed by atoms with Gasteiger partial charge in [-0.05, 0) is 40.5 Å². The van der Waals surface area contributed by atoms with E-state index in [1.54, 1.807) is 0 Å². The summed E-state index contributed by atoms with van der Waals surface area (Å²) in [7, 11) is 0. The zero-order valence-corrected chi connectivity index (χ0v) is 10.2. The second-order valence-electron chi connectivity index (χ2n) is 3.63. The molecule has 0 aliphatic rings. The summed E-state index contributed by atoms with van der Waals surface area (Å²) in [5, 5.41) is 0. The average Bonchev–Trinajstić information content (AvgIpc) is 2.25. The van der Waals surface area contributed by atoms with Gasteiger partial charge in [-0.1, -0.05) is 29.8 Å². The molecular weight excluding hydrogens is 250 g/mol. The highest BCUT2D eigenvalue weighted by molar-refractivity contribution is 9.10. The lowest BCUT2D eigenvalue weighted by atomic mass is 10.1. The van der Waals surface area contributed by atoms with E-state index in [1.165, 1.54) is 11.1 Å². The van der Waals surface area contributed by atoms with Crippen molar-refractivity contribution in [2.75, 3.05) is 0 Å². The van der Waals surface area contributed by atoms with Crippen LogP contribution in [0.3, 0.4) is 0 Å². The molecule has 76 valence electrons. The minimum absolute atomic E-state index is 0.896. The van der Waals surface area contributed by atoms with Crippen molar-refractivity contribution in [3.8, 4) is 0 Å². The highest BCUT2D eigenvalue weighted by Gasteiger charge is 1.97. The first-order valence-electron chi connectivity index (χ1n) is 4.90. The van der Waals surface area contributed by atoms with Crippen molar-refractivity contribution >= 4 is 15.9 Å². The summed E-state index contributed by atoms with van der Waals surface area (Å²) in [4.78, 5) is 4.35. The lowest BCUT2D eigenvalue weighted by molar-refractivity contribution is 1.07. The topological polar surface area (TPSA) is 12.9 Å². The Hall–Kier alpha value is -1.15. The van der Waals surface area contributed by atoms with Gasteiger partial charge >= 0.3 is 0 Å². The van der Waals surface area contributed by atoms with Gasteiger partial charge in [0.25, 0.3) is 0 Å². The van der Waals surface area contributed by atoms with Gasteiger partial charge in [0.15, 0.2) is 0 Å². The van der Waals surface area contributed by atoms with E-state index in [0.29, 0.717) is 0 Å². The molecule has 0 saturated carbocycles. The number of benzene rings is 1. The van der Waals surface area contributed by atoms with Gasteiger partial charge in [0.1, 0.15) is 0 Å². The molecular formula is C13H12BrN. The first kappa shape index (κ1) is 10.4. The molecule has 15 heavy (non-hydrogen) atoms. The van der Waals surface area contributed by atoms with Gasteiger partial charge in [0.2, 0.25) is 0 Å². The predicted molar refractivity (Wildman–Crippen MR) is 65.9 cm³/mol. The number of hydrogen-bond donors (Lipinski definition) is 0. The zero-order chi connectivity index (χ0) is 10.7. The third-order valence-electron chi connectivity index (χ3n) is 2.29.